The maximum absolute atomic E-state index is 4.51. The van der Waals surface area contributed by atoms with Gasteiger partial charge in [-0.25, -0.2) is 4.98 Å². The molecular formula is C17H10Br2N2. The standard InChI is InChI=1S/C17H10Br2N2/c18-11-4-6-15-13(9-11)14-10-12(19)5-7-16(14)21(15)17-3-1-2-8-20-17/h1-10H. The Morgan fingerprint density at radius 3 is 1.90 bits per heavy atom. The van der Waals surface area contributed by atoms with Crippen molar-refractivity contribution in [2.75, 3.05) is 0 Å². The van der Waals surface area contributed by atoms with Gasteiger partial charge in [0, 0.05) is 25.9 Å². The highest BCUT2D eigenvalue weighted by molar-refractivity contribution is 9.10. The summed E-state index contributed by atoms with van der Waals surface area (Å²) >= 11 is 7.13. The molecule has 2 nitrogen and oxygen atoms in total. The van der Waals surface area contributed by atoms with Gasteiger partial charge < -0.3 is 0 Å². The van der Waals surface area contributed by atoms with Crippen molar-refractivity contribution < 1.29 is 0 Å². The largest absolute Gasteiger partial charge is 0.294 e. The zero-order chi connectivity index (χ0) is 14.4. The summed E-state index contributed by atoms with van der Waals surface area (Å²) in [4.78, 5) is 4.51. The van der Waals surface area contributed by atoms with Gasteiger partial charge >= 0.3 is 0 Å². The summed E-state index contributed by atoms with van der Waals surface area (Å²) in [5.74, 6) is 0.933. The van der Waals surface area contributed by atoms with Crippen molar-refractivity contribution in [1.82, 2.24) is 9.55 Å². The van der Waals surface area contributed by atoms with E-state index >= 15 is 0 Å². The number of aromatic nitrogens is 2. The molecule has 0 N–H and O–H groups in total. The van der Waals surface area contributed by atoms with Crippen LogP contribution in [-0.2, 0) is 0 Å². The van der Waals surface area contributed by atoms with E-state index in [4.69, 9.17) is 0 Å². The number of benzene rings is 2. The summed E-state index contributed by atoms with van der Waals surface area (Å²) in [5, 5.41) is 2.43. The lowest BCUT2D eigenvalue weighted by molar-refractivity contribution is 1.08. The number of hydrogen-bond acceptors (Lipinski definition) is 1. The minimum atomic E-state index is 0.933. The third-order valence-corrected chi connectivity index (χ3v) is 4.55. The first kappa shape index (κ1) is 13.0. The van der Waals surface area contributed by atoms with Crippen molar-refractivity contribution in [3.63, 3.8) is 0 Å². The normalized spacial score (nSPS) is 11.3. The smallest absolute Gasteiger partial charge is 0.137 e. The monoisotopic (exact) mass is 400 g/mol. The predicted molar refractivity (Wildman–Crippen MR) is 94.0 cm³/mol. The molecule has 102 valence electrons. The van der Waals surface area contributed by atoms with Crippen LogP contribution in [0.3, 0.4) is 0 Å². The summed E-state index contributed by atoms with van der Waals surface area (Å²) in [6.07, 6.45) is 1.82. The van der Waals surface area contributed by atoms with Gasteiger partial charge in [0.1, 0.15) is 5.82 Å². The molecule has 21 heavy (non-hydrogen) atoms. The minimum Gasteiger partial charge on any atom is -0.294 e. The van der Waals surface area contributed by atoms with Crippen LogP contribution in [0.4, 0.5) is 0 Å². The van der Waals surface area contributed by atoms with E-state index in [0.29, 0.717) is 0 Å². The molecule has 0 bridgehead atoms. The molecule has 4 rings (SSSR count). The zero-order valence-electron chi connectivity index (χ0n) is 10.9. The third kappa shape index (κ3) is 2.10. The summed E-state index contributed by atoms with van der Waals surface area (Å²) in [5.41, 5.74) is 2.31. The van der Waals surface area contributed by atoms with Gasteiger partial charge in [-0.3, -0.25) is 4.57 Å². The van der Waals surface area contributed by atoms with Crippen LogP contribution in [0.5, 0.6) is 0 Å². The van der Waals surface area contributed by atoms with E-state index in [9.17, 15) is 0 Å². The molecule has 0 atom stereocenters. The highest BCUT2D eigenvalue weighted by atomic mass is 79.9. The lowest BCUT2D eigenvalue weighted by Crippen LogP contribution is -1.95. The van der Waals surface area contributed by atoms with E-state index in [2.05, 4.69) is 77.8 Å². The molecule has 2 aromatic carbocycles. The van der Waals surface area contributed by atoms with Gasteiger partial charge in [0.15, 0.2) is 0 Å². The van der Waals surface area contributed by atoms with Crippen LogP contribution in [0.1, 0.15) is 0 Å². The van der Waals surface area contributed by atoms with Crippen molar-refractivity contribution in [1.29, 1.82) is 0 Å². The fraction of sp³-hybridized carbons (Fsp3) is 0. The third-order valence-electron chi connectivity index (χ3n) is 3.57. The van der Waals surface area contributed by atoms with Crippen LogP contribution < -0.4 is 0 Å². The summed E-state index contributed by atoms with van der Waals surface area (Å²) < 4.78 is 4.36. The lowest BCUT2D eigenvalue weighted by atomic mass is 10.2. The number of halogens is 2. The van der Waals surface area contributed by atoms with E-state index < -0.39 is 0 Å². The predicted octanol–water partition coefficient (Wildman–Crippen LogP) is 5.70. The topological polar surface area (TPSA) is 17.8 Å². The molecule has 0 fully saturated rings. The number of fused-ring (bicyclic) bond motifs is 3. The van der Waals surface area contributed by atoms with Gasteiger partial charge in [0.05, 0.1) is 11.0 Å². The Balaban J connectivity index is 2.22. The molecule has 4 heteroatoms. The summed E-state index contributed by atoms with van der Waals surface area (Å²) in [6, 6.07) is 18.7. The molecular weight excluding hydrogens is 392 g/mol. The molecule has 2 heterocycles. The SMILES string of the molecule is Brc1ccc2c(c1)c1cc(Br)ccc1n2-c1ccccn1. The molecule has 0 amide bonds. The van der Waals surface area contributed by atoms with Crippen molar-refractivity contribution in [2.45, 2.75) is 0 Å². The Kier molecular flexibility index (Phi) is 3.08. The van der Waals surface area contributed by atoms with Crippen LogP contribution >= 0.6 is 31.9 Å². The highest BCUT2D eigenvalue weighted by Crippen LogP contribution is 2.34. The van der Waals surface area contributed by atoms with Crippen LogP contribution in [0, 0.1) is 0 Å². The maximum atomic E-state index is 4.51. The van der Waals surface area contributed by atoms with Crippen molar-refractivity contribution in [3.8, 4) is 5.82 Å². The maximum Gasteiger partial charge on any atom is 0.137 e. The molecule has 0 saturated heterocycles. The Morgan fingerprint density at radius 1 is 0.762 bits per heavy atom. The first-order valence-corrected chi connectivity index (χ1v) is 8.13. The van der Waals surface area contributed by atoms with E-state index in [0.717, 1.165) is 25.8 Å². The first-order chi connectivity index (χ1) is 10.2. The minimum absolute atomic E-state index is 0.933. The lowest BCUT2D eigenvalue weighted by Gasteiger charge is -2.06. The van der Waals surface area contributed by atoms with Crippen molar-refractivity contribution in [2.24, 2.45) is 0 Å². The number of rotatable bonds is 1. The summed E-state index contributed by atoms with van der Waals surface area (Å²) in [6.45, 7) is 0. The van der Waals surface area contributed by atoms with E-state index in [-0.39, 0.29) is 0 Å². The molecule has 2 aromatic heterocycles. The Bertz CT molecular complexity index is 900. The Hall–Kier alpha value is -1.65. The van der Waals surface area contributed by atoms with Gasteiger partial charge in [0.25, 0.3) is 0 Å². The van der Waals surface area contributed by atoms with Crippen molar-refractivity contribution >= 4 is 53.7 Å². The van der Waals surface area contributed by atoms with Gasteiger partial charge in [0.2, 0.25) is 0 Å². The average molecular weight is 402 g/mol. The van der Waals surface area contributed by atoms with E-state index in [1.165, 1.54) is 10.8 Å². The molecule has 0 unspecified atom stereocenters. The van der Waals surface area contributed by atoms with Gasteiger partial charge in [-0.05, 0) is 48.5 Å². The molecule has 0 aliphatic carbocycles. The molecule has 4 aromatic rings. The molecule has 0 aliphatic rings. The second kappa shape index (κ2) is 4.97. The number of nitrogens with zero attached hydrogens (tertiary/aromatic N) is 2. The molecule has 0 saturated carbocycles. The fourth-order valence-electron chi connectivity index (χ4n) is 2.70. The van der Waals surface area contributed by atoms with Gasteiger partial charge in [-0.2, -0.15) is 0 Å². The van der Waals surface area contributed by atoms with Crippen LogP contribution in [0.15, 0.2) is 69.7 Å². The van der Waals surface area contributed by atoms with Gasteiger partial charge in [-0.1, -0.05) is 37.9 Å². The number of hydrogen-bond donors (Lipinski definition) is 0. The second-order valence-electron chi connectivity index (χ2n) is 4.85. The average Bonchev–Trinajstić information content (AvgIpc) is 2.81. The fourth-order valence-corrected chi connectivity index (χ4v) is 3.42. The second-order valence-corrected chi connectivity index (χ2v) is 6.68. The Labute approximate surface area is 138 Å². The molecule has 0 spiro atoms. The van der Waals surface area contributed by atoms with E-state index in [1.807, 2.05) is 24.4 Å². The molecule has 0 aliphatic heterocycles. The van der Waals surface area contributed by atoms with Crippen molar-refractivity contribution in [3.05, 3.63) is 69.7 Å². The van der Waals surface area contributed by atoms with Crippen LogP contribution in [0.2, 0.25) is 0 Å². The highest BCUT2D eigenvalue weighted by Gasteiger charge is 2.13. The van der Waals surface area contributed by atoms with Gasteiger partial charge in [-0.15, -0.1) is 0 Å². The zero-order valence-corrected chi connectivity index (χ0v) is 14.1. The quantitative estimate of drug-likeness (QED) is 0.399. The van der Waals surface area contributed by atoms with E-state index in [1.54, 1.807) is 0 Å². The van der Waals surface area contributed by atoms with Crippen LogP contribution in [-0.4, -0.2) is 9.55 Å². The summed E-state index contributed by atoms with van der Waals surface area (Å²) in [7, 11) is 0. The molecule has 0 radical (unpaired) electrons. The van der Waals surface area contributed by atoms with Crippen LogP contribution in [0.25, 0.3) is 27.6 Å². The number of pyridine rings is 1. The first-order valence-electron chi connectivity index (χ1n) is 6.55. The Morgan fingerprint density at radius 2 is 1.38 bits per heavy atom.